The predicted molar refractivity (Wildman–Crippen MR) is 109 cm³/mol. The Morgan fingerprint density at radius 2 is 2.11 bits per heavy atom. The van der Waals surface area contributed by atoms with Gasteiger partial charge in [0.2, 0.25) is 5.95 Å². The molecule has 148 valence electrons. The molecule has 2 aromatic rings. The number of aryl methyl sites for hydroxylation is 1. The lowest BCUT2D eigenvalue weighted by molar-refractivity contribution is 0.0629. The smallest absolute Gasteiger partial charge is 0.257 e. The first-order valence-corrected chi connectivity index (χ1v) is 10.1. The number of ether oxygens (including phenoxy) is 1. The maximum Gasteiger partial charge on any atom is 0.257 e. The number of anilines is 1. The van der Waals surface area contributed by atoms with E-state index in [1.165, 1.54) is 5.56 Å². The molecule has 1 spiro atoms. The zero-order valence-electron chi connectivity index (χ0n) is 16.9. The molecule has 0 saturated carbocycles. The molecular weight excluding hydrogens is 352 g/mol. The predicted octanol–water partition coefficient (Wildman–Crippen LogP) is 3.06. The van der Waals surface area contributed by atoms with Gasteiger partial charge in [-0.1, -0.05) is 12.1 Å². The Morgan fingerprint density at radius 3 is 2.89 bits per heavy atom. The van der Waals surface area contributed by atoms with Crippen molar-refractivity contribution in [2.75, 3.05) is 38.7 Å². The number of carbonyl (C=O) groups is 1. The number of piperidine rings is 1. The van der Waals surface area contributed by atoms with E-state index >= 15 is 0 Å². The first kappa shape index (κ1) is 18.7. The van der Waals surface area contributed by atoms with Gasteiger partial charge in [-0.2, -0.15) is 0 Å². The second kappa shape index (κ2) is 7.41. The molecule has 1 aliphatic heterocycles. The maximum absolute atomic E-state index is 13.3. The number of likely N-dealkylation sites (tertiary alicyclic amines) is 1. The molecule has 1 unspecified atom stereocenters. The molecule has 4 rings (SSSR count). The van der Waals surface area contributed by atoms with Gasteiger partial charge >= 0.3 is 0 Å². The van der Waals surface area contributed by atoms with Gasteiger partial charge in [0.25, 0.3) is 5.91 Å². The first-order valence-electron chi connectivity index (χ1n) is 10.1. The van der Waals surface area contributed by atoms with Gasteiger partial charge < -0.3 is 14.5 Å². The van der Waals surface area contributed by atoms with Gasteiger partial charge in [0.05, 0.1) is 17.9 Å². The summed E-state index contributed by atoms with van der Waals surface area (Å²) in [6.45, 7) is 3.98. The lowest BCUT2D eigenvalue weighted by atomic mass is 9.77. The molecule has 0 radical (unpaired) electrons. The Morgan fingerprint density at radius 1 is 1.29 bits per heavy atom. The molecule has 2 heterocycles. The average Bonchev–Trinajstić information content (AvgIpc) is 3.05. The van der Waals surface area contributed by atoms with Gasteiger partial charge in [-0.3, -0.25) is 4.79 Å². The summed E-state index contributed by atoms with van der Waals surface area (Å²) in [6, 6.07) is 7.55. The summed E-state index contributed by atoms with van der Waals surface area (Å²) in [4.78, 5) is 26.6. The molecule has 1 aliphatic carbocycles. The van der Waals surface area contributed by atoms with Crippen molar-refractivity contribution in [3.63, 3.8) is 0 Å². The molecule has 2 aliphatic rings. The maximum atomic E-state index is 13.3. The second-order valence-corrected chi connectivity index (χ2v) is 7.98. The Kier molecular flexibility index (Phi) is 4.96. The van der Waals surface area contributed by atoms with Crippen molar-refractivity contribution in [3.8, 4) is 5.75 Å². The number of aromatic nitrogens is 2. The summed E-state index contributed by atoms with van der Waals surface area (Å²) in [6.07, 6.45) is 6.05. The fraction of sp³-hybridized carbons (Fsp3) is 0.500. The van der Waals surface area contributed by atoms with E-state index in [2.05, 4.69) is 4.98 Å². The van der Waals surface area contributed by atoms with Crippen LogP contribution in [-0.2, 0) is 11.8 Å². The van der Waals surface area contributed by atoms with Crippen molar-refractivity contribution in [2.45, 2.75) is 38.0 Å². The van der Waals surface area contributed by atoms with Crippen molar-refractivity contribution < 1.29 is 9.53 Å². The first-order chi connectivity index (χ1) is 13.5. The van der Waals surface area contributed by atoms with E-state index < -0.39 is 0 Å². The normalized spacial score (nSPS) is 20.9. The lowest BCUT2D eigenvalue weighted by Gasteiger charge is -2.40. The minimum absolute atomic E-state index is 0.0541. The molecule has 6 heteroatoms. The van der Waals surface area contributed by atoms with Gasteiger partial charge in [0, 0.05) is 38.8 Å². The van der Waals surface area contributed by atoms with Crippen LogP contribution in [0, 0.1) is 0 Å². The van der Waals surface area contributed by atoms with E-state index in [1.807, 2.05) is 61.3 Å². The van der Waals surface area contributed by atoms with Gasteiger partial charge in [-0.25, -0.2) is 9.97 Å². The highest BCUT2D eigenvalue weighted by molar-refractivity contribution is 5.97. The number of benzene rings is 1. The number of amides is 1. The quantitative estimate of drug-likeness (QED) is 0.816. The zero-order valence-corrected chi connectivity index (χ0v) is 16.9. The number of hydrogen-bond donors (Lipinski definition) is 0. The van der Waals surface area contributed by atoms with E-state index in [0.29, 0.717) is 24.5 Å². The minimum Gasteiger partial charge on any atom is -0.493 e. The average molecular weight is 380 g/mol. The van der Waals surface area contributed by atoms with Crippen LogP contribution in [0.5, 0.6) is 5.75 Å². The molecule has 0 bridgehead atoms. The van der Waals surface area contributed by atoms with Crippen molar-refractivity contribution in [1.82, 2.24) is 14.9 Å². The molecule has 1 aromatic heterocycles. The van der Waals surface area contributed by atoms with Crippen LogP contribution in [0.15, 0.2) is 30.5 Å². The molecule has 1 saturated heterocycles. The second-order valence-electron chi connectivity index (χ2n) is 7.98. The Balaban J connectivity index is 1.63. The van der Waals surface area contributed by atoms with Gasteiger partial charge in [0.15, 0.2) is 0 Å². The number of hydrogen-bond acceptors (Lipinski definition) is 5. The van der Waals surface area contributed by atoms with Gasteiger partial charge in [-0.15, -0.1) is 0 Å². The largest absolute Gasteiger partial charge is 0.493 e. The fourth-order valence-electron chi connectivity index (χ4n) is 4.54. The summed E-state index contributed by atoms with van der Waals surface area (Å²) < 4.78 is 5.69. The third-order valence-corrected chi connectivity index (χ3v) is 5.91. The molecule has 28 heavy (non-hydrogen) atoms. The summed E-state index contributed by atoms with van der Waals surface area (Å²) in [5, 5.41) is 0. The van der Waals surface area contributed by atoms with Crippen LogP contribution in [0.25, 0.3) is 0 Å². The monoisotopic (exact) mass is 380 g/mol. The van der Waals surface area contributed by atoms with Crippen LogP contribution in [-0.4, -0.2) is 54.6 Å². The Hall–Kier alpha value is -2.63. The number of nitrogens with zero attached hydrogens (tertiary/aromatic N) is 4. The Labute approximate surface area is 166 Å². The highest BCUT2D eigenvalue weighted by Gasteiger charge is 2.45. The topological polar surface area (TPSA) is 58.6 Å². The van der Waals surface area contributed by atoms with Gasteiger partial charge in [0.1, 0.15) is 5.75 Å². The SMILES string of the molecule is CCOc1ccccc1C(=O)N1CCCC2(CCc3cnc(N(C)C)nc32)C1. The van der Waals surface area contributed by atoms with Crippen LogP contribution in [0.4, 0.5) is 5.95 Å². The van der Waals surface area contributed by atoms with E-state index in [-0.39, 0.29) is 11.3 Å². The summed E-state index contributed by atoms with van der Waals surface area (Å²) >= 11 is 0. The van der Waals surface area contributed by atoms with Crippen LogP contribution in [0.2, 0.25) is 0 Å². The third kappa shape index (κ3) is 3.21. The molecule has 1 atom stereocenters. The van der Waals surface area contributed by atoms with E-state index in [1.54, 1.807) is 0 Å². The van der Waals surface area contributed by atoms with E-state index in [9.17, 15) is 4.79 Å². The zero-order chi connectivity index (χ0) is 19.7. The molecule has 1 fully saturated rings. The van der Waals surface area contributed by atoms with Crippen LogP contribution < -0.4 is 9.64 Å². The van der Waals surface area contributed by atoms with Crippen molar-refractivity contribution >= 4 is 11.9 Å². The molecule has 1 amide bonds. The Bertz CT molecular complexity index is 879. The van der Waals surface area contributed by atoms with Gasteiger partial charge in [-0.05, 0) is 50.3 Å². The van der Waals surface area contributed by atoms with Crippen molar-refractivity contribution in [3.05, 3.63) is 47.3 Å². The lowest BCUT2D eigenvalue weighted by Crippen LogP contribution is -2.48. The minimum atomic E-state index is -0.0580. The highest BCUT2D eigenvalue weighted by atomic mass is 16.5. The number of fused-ring (bicyclic) bond motifs is 2. The molecule has 6 nitrogen and oxygen atoms in total. The molecular formula is C22H28N4O2. The van der Waals surface area contributed by atoms with E-state index in [0.717, 1.165) is 43.9 Å². The fourth-order valence-corrected chi connectivity index (χ4v) is 4.54. The highest BCUT2D eigenvalue weighted by Crippen LogP contribution is 2.44. The number of para-hydroxylation sites is 1. The third-order valence-electron chi connectivity index (χ3n) is 5.91. The number of rotatable bonds is 4. The molecule has 0 N–H and O–H groups in total. The summed E-state index contributed by atoms with van der Waals surface area (Å²) in [5.74, 6) is 1.46. The van der Waals surface area contributed by atoms with Crippen molar-refractivity contribution in [1.29, 1.82) is 0 Å². The van der Waals surface area contributed by atoms with Crippen LogP contribution in [0.3, 0.4) is 0 Å². The standard InChI is InChI=1S/C22H28N4O2/c1-4-28-18-9-6-5-8-17(18)20(27)26-13-7-11-22(15-26)12-10-16-14-23-21(25(2)3)24-19(16)22/h5-6,8-9,14H,4,7,10-13,15H2,1-3H3. The summed E-state index contributed by atoms with van der Waals surface area (Å²) in [7, 11) is 3.93. The number of carbonyl (C=O) groups excluding carboxylic acids is 1. The molecule has 1 aromatic carbocycles. The van der Waals surface area contributed by atoms with Crippen molar-refractivity contribution in [2.24, 2.45) is 0 Å². The van der Waals surface area contributed by atoms with E-state index in [4.69, 9.17) is 9.72 Å². The van der Waals surface area contributed by atoms with Crippen LogP contribution in [0.1, 0.15) is 47.8 Å². The summed E-state index contributed by atoms with van der Waals surface area (Å²) in [5.41, 5.74) is 2.96. The van der Waals surface area contributed by atoms with Crippen LogP contribution >= 0.6 is 0 Å².